The van der Waals surface area contributed by atoms with Crippen molar-refractivity contribution in [1.82, 2.24) is 13.9 Å². The summed E-state index contributed by atoms with van der Waals surface area (Å²) in [6.07, 6.45) is 3.38. The first kappa shape index (κ1) is 27.3. The number of nitrogen functional groups attached to an aromatic ring is 1. The molecule has 0 aromatic heterocycles. The van der Waals surface area contributed by atoms with E-state index in [9.17, 15) is 4.79 Å². The van der Waals surface area contributed by atoms with Crippen LogP contribution in [-0.2, 0) is 9.53 Å². The Kier molecular flexibility index (Phi) is 9.02. The number of carbonyl (C=O) groups is 1. The molecule has 1 heterocycles. The van der Waals surface area contributed by atoms with Gasteiger partial charge in [-0.3, -0.25) is 4.79 Å². The van der Waals surface area contributed by atoms with E-state index in [2.05, 4.69) is 34.3 Å². The van der Waals surface area contributed by atoms with Crippen LogP contribution in [0.5, 0.6) is 0 Å². The lowest BCUT2D eigenvalue weighted by Crippen LogP contribution is -2.45. The number of anilines is 2. The number of rotatable bonds is 11. The van der Waals surface area contributed by atoms with E-state index < -0.39 is 0 Å². The van der Waals surface area contributed by atoms with Crippen LogP contribution in [0.15, 0.2) is 60.0 Å². The summed E-state index contributed by atoms with van der Waals surface area (Å²) in [6.45, 7) is 7.57. The van der Waals surface area contributed by atoms with Gasteiger partial charge in [-0.25, -0.2) is 9.03 Å². The van der Waals surface area contributed by atoms with Gasteiger partial charge in [0.15, 0.2) is 0 Å². The minimum Gasteiger partial charge on any atom is -0.486 e. The smallest absolute Gasteiger partial charge is 0.293 e. The molecular weight excluding hydrogens is 508 g/mol. The van der Waals surface area contributed by atoms with Crippen LogP contribution in [0.3, 0.4) is 0 Å². The van der Waals surface area contributed by atoms with Gasteiger partial charge in [0.25, 0.3) is 5.91 Å². The van der Waals surface area contributed by atoms with Crippen molar-refractivity contribution in [3.63, 3.8) is 0 Å². The number of ether oxygens (including phenoxy) is 1. The predicted octanol–water partition coefficient (Wildman–Crippen LogP) is 5.07. The number of piperazine rings is 1. The number of hydrogen-bond acceptors (Lipinski definition) is 8. The first-order valence-corrected chi connectivity index (χ1v) is 13.6. The van der Waals surface area contributed by atoms with Crippen LogP contribution in [0, 0.1) is 10.8 Å². The highest BCUT2D eigenvalue weighted by Gasteiger charge is 2.39. The molecule has 2 aromatic carbocycles. The average Bonchev–Trinajstić information content (AvgIpc) is 3.62. The molecule has 10 heteroatoms. The number of nitrogens with zero attached hydrogens (tertiary/aromatic N) is 2. The van der Waals surface area contributed by atoms with Crippen molar-refractivity contribution in [1.29, 1.82) is 5.41 Å². The molecule has 198 valence electrons. The lowest BCUT2D eigenvalue weighted by Gasteiger charge is -2.36. The van der Waals surface area contributed by atoms with Gasteiger partial charge in [-0.05, 0) is 55.7 Å². The van der Waals surface area contributed by atoms with Crippen LogP contribution in [0.1, 0.15) is 38.3 Å². The third kappa shape index (κ3) is 7.64. The molecule has 4 rings (SSSR count). The highest BCUT2D eigenvalue weighted by atomic mass is 35.5. The summed E-state index contributed by atoms with van der Waals surface area (Å²) in [5.41, 5.74) is 8.98. The Bertz CT molecular complexity index is 1150. The average molecular weight is 543 g/mol. The van der Waals surface area contributed by atoms with Gasteiger partial charge in [0.05, 0.1) is 6.61 Å². The van der Waals surface area contributed by atoms with E-state index in [1.165, 1.54) is 6.21 Å². The van der Waals surface area contributed by atoms with Gasteiger partial charge < -0.3 is 26.1 Å². The molecule has 1 saturated heterocycles. The molecule has 1 saturated carbocycles. The van der Waals surface area contributed by atoms with Crippen LogP contribution in [0.25, 0.3) is 0 Å². The Morgan fingerprint density at radius 2 is 1.95 bits per heavy atom. The van der Waals surface area contributed by atoms with E-state index >= 15 is 0 Å². The maximum absolute atomic E-state index is 13.3. The second-order valence-corrected chi connectivity index (χ2v) is 11.3. The standard InChI is InChI=1S/C27H35ClN6O2S/c1-19(20-5-3-7-22(30)15-20)32-37-34-13-11-33(12-14-34)24(17-29)25(36-18-27(2)9-10-27)26(35)31-23-8-4-6-21(28)16-23/h3-8,15-17,19,29,32H,9-14,18,30H2,1-2H3,(H,31,35)/b25-24-,29-17?. The van der Waals surface area contributed by atoms with Crippen molar-refractivity contribution in [2.75, 3.05) is 43.8 Å². The fourth-order valence-electron chi connectivity index (χ4n) is 3.98. The van der Waals surface area contributed by atoms with E-state index in [1.54, 1.807) is 36.4 Å². The van der Waals surface area contributed by atoms with Gasteiger partial charge in [-0.15, -0.1) is 0 Å². The van der Waals surface area contributed by atoms with Crippen molar-refractivity contribution in [3.05, 3.63) is 70.6 Å². The molecule has 1 amide bonds. The molecule has 1 atom stereocenters. The molecule has 1 aliphatic carbocycles. The van der Waals surface area contributed by atoms with Gasteiger partial charge in [-0.1, -0.05) is 36.7 Å². The number of benzene rings is 2. The zero-order chi connectivity index (χ0) is 26.4. The Balaban J connectivity index is 1.40. The van der Waals surface area contributed by atoms with Gasteiger partial charge >= 0.3 is 0 Å². The molecule has 2 aliphatic rings. The molecule has 2 aromatic rings. The molecule has 1 unspecified atom stereocenters. The van der Waals surface area contributed by atoms with Crippen LogP contribution >= 0.6 is 23.7 Å². The van der Waals surface area contributed by atoms with Gasteiger partial charge in [0.2, 0.25) is 5.76 Å². The SMILES string of the molecule is CC(NSN1CCN(/C(C=N)=C(\OCC2(C)CC2)C(=O)Nc2cccc(Cl)c2)CC1)c1cccc(N)c1. The van der Waals surface area contributed by atoms with Crippen LogP contribution in [0.4, 0.5) is 11.4 Å². The molecule has 0 bridgehead atoms. The molecule has 5 N–H and O–H groups in total. The maximum Gasteiger partial charge on any atom is 0.293 e. The second-order valence-electron chi connectivity index (χ2n) is 9.94. The summed E-state index contributed by atoms with van der Waals surface area (Å²) in [7, 11) is 0. The van der Waals surface area contributed by atoms with Gasteiger partial charge in [-0.2, -0.15) is 0 Å². The number of nitrogens with two attached hydrogens (primary N) is 1. The molecule has 0 spiro atoms. The van der Waals surface area contributed by atoms with Crippen molar-refractivity contribution < 1.29 is 9.53 Å². The zero-order valence-corrected chi connectivity index (χ0v) is 22.9. The minimum absolute atomic E-state index is 0.0931. The quantitative estimate of drug-likeness (QED) is 0.103. The minimum atomic E-state index is -0.376. The third-order valence-corrected chi connectivity index (χ3v) is 7.99. The molecule has 8 nitrogen and oxygen atoms in total. The summed E-state index contributed by atoms with van der Waals surface area (Å²) in [4.78, 5) is 15.4. The first-order valence-electron chi connectivity index (χ1n) is 12.5. The summed E-state index contributed by atoms with van der Waals surface area (Å²) in [5, 5.41) is 11.6. The van der Waals surface area contributed by atoms with Crippen molar-refractivity contribution in [2.45, 2.75) is 32.7 Å². The Hall–Kier alpha value is -2.72. The number of allylic oxidation sites excluding steroid dienone is 1. The largest absolute Gasteiger partial charge is 0.486 e. The topological polar surface area (TPSA) is 107 Å². The normalized spacial score (nSPS) is 18.5. The summed E-state index contributed by atoms with van der Waals surface area (Å²) >= 11 is 7.68. The van der Waals surface area contributed by atoms with Crippen molar-refractivity contribution in [2.24, 2.45) is 5.41 Å². The fourth-order valence-corrected chi connectivity index (χ4v) is 4.96. The van der Waals surface area contributed by atoms with E-state index in [1.807, 2.05) is 23.1 Å². The van der Waals surface area contributed by atoms with E-state index in [-0.39, 0.29) is 23.1 Å². The Morgan fingerprint density at radius 1 is 1.22 bits per heavy atom. The predicted molar refractivity (Wildman–Crippen MR) is 152 cm³/mol. The number of hydrogen-bond donors (Lipinski definition) is 4. The molecule has 1 aliphatic heterocycles. The van der Waals surface area contributed by atoms with E-state index in [4.69, 9.17) is 27.5 Å². The van der Waals surface area contributed by atoms with Crippen molar-refractivity contribution >= 4 is 47.2 Å². The van der Waals surface area contributed by atoms with E-state index in [0.29, 0.717) is 36.1 Å². The number of nitrogens with one attached hydrogen (secondary N) is 3. The number of halogens is 1. The Labute approximate surface area is 228 Å². The lowest BCUT2D eigenvalue weighted by atomic mass is 10.1. The first-order chi connectivity index (χ1) is 17.8. The van der Waals surface area contributed by atoms with Crippen molar-refractivity contribution in [3.8, 4) is 0 Å². The number of amides is 1. The summed E-state index contributed by atoms with van der Waals surface area (Å²) < 4.78 is 11.8. The molecular formula is C27H35ClN6O2S. The lowest BCUT2D eigenvalue weighted by molar-refractivity contribution is -0.116. The molecule has 2 fully saturated rings. The summed E-state index contributed by atoms with van der Waals surface area (Å²) in [5.74, 6) is -0.197. The summed E-state index contributed by atoms with van der Waals surface area (Å²) in [6, 6.07) is 15.0. The molecule has 0 radical (unpaired) electrons. The number of carbonyl (C=O) groups excluding carboxylic acids is 1. The van der Waals surface area contributed by atoms with Crippen LogP contribution in [-0.4, -0.2) is 54.1 Å². The van der Waals surface area contributed by atoms with Gasteiger partial charge in [0, 0.05) is 72.4 Å². The molecule has 37 heavy (non-hydrogen) atoms. The highest BCUT2D eigenvalue weighted by molar-refractivity contribution is 7.95. The van der Waals surface area contributed by atoms with Gasteiger partial charge in [0.1, 0.15) is 5.70 Å². The Morgan fingerprint density at radius 3 is 2.59 bits per heavy atom. The highest BCUT2D eigenvalue weighted by Crippen LogP contribution is 2.45. The van der Waals surface area contributed by atoms with Crippen LogP contribution in [0.2, 0.25) is 5.02 Å². The zero-order valence-electron chi connectivity index (χ0n) is 21.3. The fraction of sp³-hybridized carbons (Fsp3) is 0.407. The maximum atomic E-state index is 13.3. The third-order valence-electron chi connectivity index (χ3n) is 6.68. The monoisotopic (exact) mass is 542 g/mol. The van der Waals surface area contributed by atoms with E-state index in [0.717, 1.165) is 37.2 Å². The van der Waals surface area contributed by atoms with Crippen LogP contribution < -0.4 is 15.8 Å². The second kappa shape index (κ2) is 12.2.